The zero-order valence-electron chi connectivity index (χ0n) is 72.6. The second kappa shape index (κ2) is 36.5. The van der Waals surface area contributed by atoms with Gasteiger partial charge < -0.3 is 39.6 Å². The smallest absolute Gasteiger partial charge is 0.355 e. The number of halogens is 5. The third-order valence-electron chi connectivity index (χ3n) is 23.7. The van der Waals surface area contributed by atoms with Crippen LogP contribution in [0.2, 0.25) is 5.02 Å². The molecular weight excluding hydrogens is 1630 g/mol. The van der Waals surface area contributed by atoms with E-state index >= 15 is 8.78 Å². The summed E-state index contributed by atoms with van der Waals surface area (Å²) >= 11 is 6.94. The number of anilines is 3. The van der Waals surface area contributed by atoms with E-state index in [1.807, 2.05) is 150 Å². The van der Waals surface area contributed by atoms with Crippen molar-refractivity contribution in [1.82, 2.24) is 73.3 Å². The summed E-state index contributed by atoms with van der Waals surface area (Å²) in [5.74, 6) is -1.63. The van der Waals surface area contributed by atoms with E-state index in [0.29, 0.717) is 118 Å². The van der Waals surface area contributed by atoms with Crippen molar-refractivity contribution in [1.29, 1.82) is 0 Å². The van der Waals surface area contributed by atoms with Crippen LogP contribution in [0.25, 0.3) is 83.9 Å². The Morgan fingerprint density at radius 1 is 0.460 bits per heavy atom. The highest BCUT2D eigenvalue weighted by Gasteiger charge is 2.40. The van der Waals surface area contributed by atoms with E-state index in [4.69, 9.17) is 23.0 Å². The summed E-state index contributed by atoms with van der Waals surface area (Å²) in [6.45, 7) is 41.9. The van der Waals surface area contributed by atoms with Crippen molar-refractivity contribution in [3.05, 3.63) is 253 Å². The Morgan fingerprint density at radius 3 is 1.20 bits per heavy atom. The molecule has 0 saturated carbocycles. The maximum Gasteiger partial charge on any atom is 0.355 e. The number of rotatable bonds is 15. The molecule has 0 aliphatic carbocycles. The molecule has 650 valence electrons. The molecule has 9 aromatic heterocycles. The monoisotopic (exact) mass is 1730 g/mol. The van der Waals surface area contributed by atoms with Gasteiger partial charge in [-0.25, -0.2) is 60.6 Å². The van der Waals surface area contributed by atoms with E-state index in [0.717, 1.165) is 23.4 Å². The number of hydrogen-bond donors (Lipinski definition) is 2. The number of pyridine rings is 6. The van der Waals surface area contributed by atoms with Crippen LogP contribution in [0.5, 0.6) is 11.5 Å². The van der Waals surface area contributed by atoms with Crippen LogP contribution < -0.4 is 31.8 Å². The van der Waals surface area contributed by atoms with Gasteiger partial charge in [0.25, 0.3) is 0 Å². The Kier molecular flexibility index (Phi) is 26.1. The zero-order valence-corrected chi connectivity index (χ0v) is 73.4. The quantitative estimate of drug-likeness (QED) is 0.0547. The highest BCUT2D eigenvalue weighted by Crippen LogP contribution is 2.43. The summed E-state index contributed by atoms with van der Waals surface area (Å²) in [5, 5.41) is 22.4. The van der Waals surface area contributed by atoms with Crippen molar-refractivity contribution in [2.24, 2.45) is 0 Å². The maximum absolute atomic E-state index is 15.9. The Labute approximate surface area is 730 Å². The topological polar surface area (TPSA) is 293 Å². The summed E-state index contributed by atoms with van der Waals surface area (Å²) < 4.78 is 65.7. The molecule has 12 heterocycles. The molecule has 15 rings (SSSR count). The molecule has 31 heteroatoms. The van der Waals surface area contributed by atoms with E-state index < -0.39 is 74.4 Å². The van der Waals surface area contributed by atoms with Gasteiger partial charge in [0.2, 0.25) is 17.7 Å². The van der Waals surface area contributed by atoms with Crippen molar-refractivity contribution < 1.29 is 42.2 Å². The Hall–Kier alpha value is -13.8. The average molecular weight is 1730 g/mol. The first-order chi connectivity index (χ1) is 60.0. The van der Waals surface area contributed by atoms with Gasteiger partial charge in [-0.3, -0.25) is 29.3 Å². The van der Waals surface area contributed by atoms with Crippen LogP contribution in [0.3, 0.4) is 0 Å². The second-order valence-corrected chi connectivity index (χ2v) is 33.0. The van der Waals surface area contributed by atoms with Crippen molar-refractivity contribution in [2.75, 3.05) is 54.0 Å². The summed E-state index contributed by atoms with van der Waals surface area (Å²) in [6, 6.07) is 22.8. The van der Waals surface area contributed by atoms with E-state index in [1.54, 1.807) is 50.0 Å². The van der Waals surface area contributed by atoms with E-state index in [1.165, 1.54) is 63.8 Å². The summed E-state index contributed by atoms with van der Waals surface area (Å²) in [5.41, 5.74) is 4.52. The van der Waals surface area contributed by atoms with Crippen molar-refractivity contribution in [2.45, 2.75) is 158 Å². The number of aromatic nitrogens is 12. The predicted molar refractivity (Wildman–Crippen MR) is 482 cm³/mol. The molecule has 0 radical (unpaired) electrons. The number of terminal acetylenes is 1. The Morgan fingerprint density at radius 2 is 0.825 bits per heavy atom. The van der Waals surface area contributed by atoms with Gasteiger partial charge in [0.05, 0.1) is 72.1 Å². The standard InChI is InChI=1S/C33H33ClN6O2.2C31H32F2N6O3/c1-8-23-12-10-11-13-24(23)29-26(34)16-25-31(39-18-21(6)38(17-22(39)7)27(41)9-2)37-33(42)40(32(25)36-29)30-20(5)14-15-35-28(30)19(3)4;2*1-7-24(41)37-13-14-38(19(6)18(37)5)29-20-15-22(33)27(25-21(32)9-8-10-23(25)40)35-30(20)39(31(42)36-29)28-17(4)11-12-34-26(28)16(2)3/h1,9-16,19,21-22H,2,17-18H2,3-7H3;2*7-12,15-16,18-19,40H,1,13-14H2,2-6H3/t;18-,19+;18-,19-/m.10/s1. The lowest BCUT2D eigenvalue weighted by Crippen LogP contribution is -2.59. The van der Waals surface area contributed by atoms with Gasteiger partial charge in [-0.15, -0.1) is 6.42 Å². The number of nitrogens with zero attached hydrogens (tertiary/aromatic N) is 18. The first-order valence-electron chi connectivity index (χ1n) is 41.4. The molecule has 3 aromatic carbocycles. The van der Waals surface area contributed by atoms with Crippen molar-refractivity contribution >= 4 is 79.9 Å². The number of amides is 3. The molecule has 12 aromatic rings. The highest BCUT2D eigenvalue weighted by molar-refractivity contribution is 6.34. The number of aromatic hydroxyl groups is 2. The Bertz CT molecular complexity index is 6350. The molecule has 3 aliphatic rings. The summed E-state index contributed by atoms with van der Waals surface area (Å²) in [4.78, 5) is 132. The lowest BCUT2D eigenvalue weighted by molar-refractivity contribution is -0.129. The number of aryl methyl sites for hydroxylation is 3. The molecule has 26 nitrogen and oxygen atoms in total. The van der Waals surface area contributed by atoms with E-state index in [2.05, 4.69) is 70.4 Å². The number of fused-ring (bicyclic) bond motifs is 3. The van der Waals surface area contributed by atoms with Crippen LogP contribution in [0.4, 0.5) is 35.0 Å². The van der Waals surface area contributed by atoms with Crippen LogP contribution in [-0.4, -0.2) is 177 Å². The number of carbonyl (C=O) groups excluding carboxylic acids is 3. The fraction of sp³-hybridized carbons (Fsp3) is 0.316. The molecule has 6 atom stereocenters. The predicted octanol–water partition coefficient (Wildman–Crippen LogP) is 15.3. The number of phenolic OH excluding ortho intramolecular Hbond substituents is 2. The van der Waals surface area contributed by atoms with Gasteiger partial charge >= 0.3 is 17.1 Å². The lowest BCUT2D eigenvalue weighted by atomic mass is 10.0. The third kappa shape index (κ3) is 16.6. The summed E-state index contributed by atoms with van der Waals surface area (Å²) in [6.07, 6.45) is 14.7. The van der Waals surface area contributed by atoms with Crippen LogP contribution in [0.15, 0.2) is 168 Å². The van der Waals surface area contributed by atoms with Gasteiger partial charge in [-0.1, -0.05) is 109 Å². The van der Waals surface area contributed by atoms with Gasteiger partial charge in [0.1, 0.15) is 52.0 Å². The molecule has 2 N–H and O–H groups in total. The SMILES string of the molecule is C#Cc1ccccc1-c1nc2c(cc1Cl)c(N1CC(C)N(C(=O)C=C)CC1C)nc(=O)n2-c1c(C)ccnc1C(C)C.C=CC(=O)N1CCN(c2nc(=O)n(-c3c(C)ccnc3C(C)C)c3nc(-c4c(O)cccc4F)c(F)cc23)[C@@H](C)[C@@H]1C.C=CC(=O)N1CCN(c2nc(=O)n(-c3c(C)ccnc3C(C)C)c3nc(-c4c(O)cccc4F)c(F)cc23)[C@@H](C)[C@H]1C. The molecular formula is C95H97ClF4N18O8. The molecule has 0 bridgehead atoms. The van der Waals surface area contributed by atoms with Gasteiger partial charge in [-0.05, 0) is 182 Å². The highest BCUT2D eigenvalue weighted by atomic mass is 35.5. The van der Waals surface area contributed by atoms with Crippen LogP contribution in [-0.2, 0) is 14.4 Å². The fourth-order valence-electron chi connectivity index (χ4n) is 16.9. The molecule has 3 saturated heterocycles. The zero-order chi connectivity index (χ0) is 91.2. The van der Waals surface area contributed by atoms with Crippen molar-refractivity contribution in [3.8, 4) is 74.7 Å². The van der Waals surface area contributed by atoms with Gasteiger partial charge in [-0.2, -0.15) is 15.0 Å². The first-order valence-corrected chi connectivity index (χ1v) is 41.7. The molecule has 2 unspecified atom stereocenters. The number of carbonyl (C=O) groups is 3. The minimum atomic E-state index is -0.899. The van der Waals surface area contributed by atoms with E-state index in [-0.39, 0.29) is 105 Å². The maximum atomic E-state index is 15.9. The largest absolute Gasteiger partial charge is 0.507 e. The van der Waals surface area contributed by atoms with Crippen LogP contribution >= 0.6 is 11.6 Å². The van der Waals surface area contributed by atoms with Crippen LogP contribution in [0.1, 0.15) is 140 Å². The molecule has 3 aliphatic heterocycles. The molecule has 3 fully saturated rings. The van der Waals surface area contributed by atoms with E-state index in [9.17, 15) is 47.8 Å². The van der Waals surface area contributed by atoms with Crippen molar-refractivity contribution in [3.63, 3.8) is 0 Å². The minimum absolute atomic E-state index is 0.0338. The van der Waals surface area contributed by atoms with Gasteiger partial charge in [0.15, 0.2) is 28.6 Å². The first kappa shape index (κ1) is 89.9. The average Bonchev–Trinajstić information content (AvgIpc) is 0.739. The number of piperazine rings is 3. The lowest BCUT2D eigenvalue weighted by Gasteiger charge is -2.45. The normalized spacial score (nSPS) is 17.2. The summed E-state index contributed by atoms with van der Waals surface area (Å²) in [7, 11) is 0. The fourth-order valence-corrected chi connectivity index (χ4v) is 17.1. The van der Waals surface area contributed by atoms with Gasteiger partial charge in [0, 0.05) is 105 Å². The Balaban J connectivity index is 0.000000162. The molecule has 126 heavy (non-hydrogen) atoms. The second-order valence-electron chi connectivity index (χ2n) is 32.6. The van der Waals surface area contributed by atoms with Crippen LogP contribution in [0, 0.1) is 56.4 Å². The minimum Gasteiger partial charge on any atom is -0.507 e. The number of hydrogen-bond acceptors (Lipinski definition) is 20. The number of phenols is 2. The molecule has 3 amide bonds. The number of benzene rings is 3. The molecule has 0 spiro atoms. The third-order valence-corrected chi connectivity index (χ3v) is 24.0.